The monoisotopic (exact) mass is 136 g/mol. The predicted molar refractivity (Wildman–Crippen MR) is 27.7 cm³/mol. The molecule has 0 amide bonds. The first-order chi connectivity index (χ1) is 4.23. The van der Waals surface area contributed by atoms with E-state index in [1.807, 2.05) is 6.07 Å². The molecule has 0 radical (unpaired) electrons. The van der Waals surface area contributed by atoms with Gasteiger partial charge in [0, 0.05) is 12.4 Å². The minimum atomic E-state index is -3.67. The molecular weight excluding hydrogens is 132 g/mol. The number of aromatic amines is 1. The molecule has 0 saturated carbocycles. The fourth-order valence-electron chi connectivity index (χ4n) is 0.215. The third-order valence-corrected chi connectivity index (χ3v) is 0.406. The molecule has 1 aromatic rings. The van der Waals surface area contributed by atoms with Gasteiger partial charge in [-0.25, -0.2) is 0 Å². The lowest BCUT2D eigenvalue weighted by Crippen LogP contribution is -1.76. The average molecular weight is 136 g/mol. The summed E-state index contributed by atoms with van der Waals surface area (Å²) in [4.78, 5) is 0. The van der Waals surface area contributed by atoms with Crippen LogP contribution in [-0.4, -0.2) is 17.7 Å². The summed E-state index contributed by atoms with van der Waals surface area (Å²) in [6.07, 6.45) is 3.46. The normalized spacial score (nSPS) is 7.44. The van der Waals surface area contributed by atoms with Crippen molar-refractivity contribution in [2.24, 2.45) is 0 Å². The van der Waals surface area contributed by atoms with Crippen LogP contribution in [-0.2, 0) is 0 Å². The zero-order chi connectivity index (χ0) is 7.11. The second-order valence-electron chi connectivity index (χ2n) is 1.01. The molecule has 0 aliphatic carbocycles. The molecule has 50 valence electrons. The van der Waals surface area contributed by atoms with Gasteiger partial charge < -0.3 is 0 Å². The molecule has 0 aliphatic rings. The zero-order valence-corrected chi connectivity index (χ0v) is 4.39. The molecule has 1 heterocycles. The number of nitrogens with one attached hydrogen (secondary N) is 1. The fraction of sp³-hybridized carbons (Fsp3) is 0. The lowest BCUT2D eigenvalue weighted by atomic mass is 10.5. The summed E-state index contributed by atoms with van der Waals surface area (Å²) in [7, 11) is -3.67. The Balaban J connectivity index is 0.000000148. The van der Waals surface area contributed by atoms with Gasteiger partial charge in [0.1, 0.15) is 0 Å². The van der Waals surface area contributed by atoms with Crippen LogP contribution in [0.3, 0.4) is 0 Å². The second-order valence-corrected chi connectivity index (χ2v) is 1.01. The summed E-state index contributed by atoms with van der Waals surface area (Å²) in [6, 6.07) is 1.83. The number of hydrogen-bond acceptors (Lipinski definition) is 1. The van der Waals surface area contributed by atoms with Crippen molar-refractivity contribution < 1.29 is 12.9 Å². The first kappa shape index (κ1) is 8.06. The van der Waals surface area contributed by atoms with Crippen molar-refractivity contribution in [1.29, 1.82) is 0 Å². The number of hydrogen-bond donors (Lipinski definition) is 1. The molecule has 0 unspecified atom stereocenters. The quantitative estimate of drug-likeness (QED) is 0.534. The van der Waals surface area contributed by atoms with Crippen molar-refractivity contribution >= 4 is 7.54 Å². The molecule has 1 N–H and O–H groups in total. The highest BCUT2D eigenvalue weighted by atomic mass is 19.4. The molecule has 6 heteroatoms. The molecule has 0 aromatic carbocycles. The molecule has 0 fully saturated rings. The number of H-pyrrole nitrogens is 1. The van der Waals surface area contributed by atoms with E-state index in [9.17, 15) is 12.9 Å². The summed E-state index contributed by atoms with van der Waals surface area (Å²) < 4.78 is 29.0. The van der Waals surface area contributed by atoms with Gasteiger partial charge in [0.15, 0.2) is 0 Å². The van der Waals surface area contributed by atoms with E-state index in [0.717, 1.165) is 0 Å². The highest BCUT2D eigenvalue weighted by Gasteiger charge is 2.06. The Bertz CT molecular complexity index is 101. The highest BCUT2D eigenvalue weighted by molar-refractivity contribution is 6.33. The first-order valence-electron chi connectivity index (χ1n) is 2.09. The van der Waals surface area contributed by atoms with Crippen molar-refractivity contribution in [1.82, 2.24) is 10.2 Å². The van der Waals surface area contributed by atoms with Crippen LogP contribution in [0.15, 0.2) is 18.5 Å². The smallest absolute Gasteiger partial charge is 0.286 e. The van der Waals surface area contributed by atoms with Gasteiger partial charge in [-0.2, -0.15) is 5.10 Å². The SMILES string of the molecule is FB(F)F.c1cn[nH]c1. The second kappa shape index (κ2) is 5.21. The number of nitrogens with zero attached hydrogens (tertiary/aromatic N) is 1. The fourth-order valence-corrected chi connectivity index (χ4v) is 0.215. The summed E-state index contributed by atoms with van der Waals surface area (Å²) in [5.74, 6) is 0. The summed E-state index contributed by atoms with van der Waals surface area (Å²) in [5.41, 5.74) is 0. The third kappa shape index (κ3) is 11.0. The van der Waals surface area contributed by atoms with Gasteiger partial charge in [-0.3, -0.25) is 18.0 Å². The maximum Gasteiger partial charge on any atom is 0.762 e. The van der Waals surface area contributed by atoms with E-state index in [-0.39, 0.29) is 0 Å². The Morgan fingerprint density at radius 3 is 2.00 bits per heavy atom. The van der Waals surface area contributed by atoms with Crippen LogP contribution in [0.4, 0.5) is 12.9 Å². The van der Waals surface area contributed by atoms with Gasteiger partial charge in [-0.05, 0) is 6.07 Å². The molecular formula is C3H4BF3N2. The molecule has 0 spiro atoms. The van der Waals surface area contributed by atoms with E-state index in [2.05, 4.69) is 10.2 Å². The Morgan fingerprint density at radius 2 is 1.89 bits per heavy atom. The van der Waals surface area contributed by atoms with Crippen LogP contribution >= 0.6 is 0 Å². The largest absolute Gasteiger partial charge is 0.762 e. The van der Waals surface area contributed by atoms with E-state index in [1.165, 1.54) is 0 Å². The van der Waals surface area contributed by atoms with E-state index in [4.69, 9.17) is 0 Å². The molecule has 0 atom stereocenters. The van der Waals surface area contributed by atoms with Gasteiger partial charge in [0.25, 0.3) is 0 Å². The Labute approximate surface area is 50.3 Å². The predicted octanol–water partition coefficient (Wildman–Crippen LogP) is 1.29. The molecule has 1 aromatic heterocycles. The van der Waals surface area contributed by atoms with Gasteiger partial charge in [0.05, 0.1) is 0 Å². The van der Waals surface area contributed by atoms with Crippen molar-refractivity contribution in [3.8, 4) is 0 Å². The standard InChI is InChI=1S/C3H4N2.BF3/c1-2-4-5-3-1;2-1(3)4/h1-3H,(H,4,5);. The molecule has 2 nitrogen and oxygen atoms in total. The van der Waals surface area contributed by atoms with Gasteiger partial charge in [-0.15, -0.1) is 0 Å². The van der Waals surface area contributed by atoms with Crippen LogP contribution in [0.1, 0.15) is 0 Å². The van der Waals surface area contributed by atoms with Gasteiger partial charge in [-0.1, -0.05) is 0 Å². The van der Waals surface area contributed by atoms with Gasteiger partial charge in [0.2, 0.25) is 0 Å². The molecule has 9 heavy (non-hydrogen) atoms. The topological polar surface area (TPSA) is 28.7 Å². The lowest BCUT2D eigenvalue weighted by Gasteiger charge is -1.55. The lowest BCUT2D eigenvalue weighted by molar-refractivity contribution is 0.535. The zero-order valence-electron chi connectivity index (χ0n) is 4.39. The van der Waals surface area contributed by atoms with Crippen molar-refractivity contribution in [2.45, 2.75) is 0 Å². The Kier molecular flexibility index (Phi) is 4.67. The minimum Gasteiger partial charge on any atom is -0.286 e. The van der Waals surface area contributed by atoms with Crippen LogP contribution in [0.25, 0.3) is 0 Å². The van der Waals surface area contributed by atoms with Crippen molar-refractivity contribution in [3.63, 3.8) is 0 Å². The Hall–Kier alpha value is -0.935. The average Bonchev–Trinajstić information content (AvgIpc) is 2.11. The highest BCUT2D eigenvalue weighted by Crippen LogP contribution is 1.80. The van der Waals surface area contributed by atoms with E-state index >= 15 is 0 Å². The van der Waals surface area contributed by atoms with Crippen molar-refractivity contribution in [2.75, 3.05) is 0 Å². The van der Waals surface area contributed by atoms with E-state index < -0.39 is 7.54 Å². The number of aromatic nitrogens is 2. The number of halogens is 3. The summed E-state index contributed by atoms with van der Waals surface area (Å²) >= 11 is 0. The van der Waals surface area contributed by atoms with Crippen LogP contribution in [0.2, 0.25) is 0 Å². The first-order valence-corrected chi connectivity index (χ1v) is 2.09. The minimum absolute atomic E-state index is 1.69. The number of rotatable bonds is 0. The van der Waals surface area contributed by atoms with Crippen LogP contribution < -0.4 is 0 Å². The Morgan fingerprint density at radius 1 is 1.33 bits per heavy atom. The maximum atomic E-state index is 9.67. The molecule has 0 saturated heterocycles. The van der Waals surface area contributed by atoms with E-state index in [1.54, 1.807) is 12.4 Å². The van der Waals surface area contributed by atoms with Crippen molar-refractivity contribution in [3.05, 3.63) is 18.5 Å². The summed E-state index contributed by atoms with van der Waals surface area (Å²) in [5, 5.41) is 6.21. The third-order valence-electron chi connectivity index (χ3n) is 0.406. The van der Waals surface area contributed by atoms with Crippen LogP contribution in [0.5, 0.6) is 0 Å². The van der Waals surface area contributed by atoms with E-state index in [0.29, 0.717) is 0 Å². The summed E-state index contributed by atoms with van der Waals surface area (Å²) in [6.45, 7) is 0. The van der Waals surface area contributed by atoms with Gasteiger partial charge >= 0.3 is 7.54 Å². The maximum absolute atomic E-state index is 9.67. The molecule has 0 bridgehead atoms. The van der Waals surface area contributed by atoms with Crippen LogP contribution in [0, 0.1) is 0 Å². The molecule has 0 aliphatic heterocycles. The molecule has 1 rings (SSSR count).